The fraction of sp³-hybridized carbons (Fsp3) is 0.556. The van der Waals surface area contributed by atoms with Crippen LogP contribution in [-0.2, 0) is 19.6 Å². The second-order valence-electron chi connectivity index (χ2n) is 7.43. The lowest BCUT2D eigenvalue weighted by atomic mass is 9.49. The molecule has 1 aromatic rings. The molecule has 0 spiro atoms. The van der Waals surface area contributed by atoms with Crippen LogP contribution in [0, 0.1) is 17.3 Å². The predicted octanol–water partition coefficient (Wildman–Crippen LogP) is 2.24. The first-order valence-corrected chi connectivity index (χ1v) is 9.88. The summed E-state index contributed by atoms with van der Waals surface area (Å²) in [5.74, 6) is 0.652. The van der Waals surface area contributed by atoms with Crippen LogP contribution >= 0.6 is 0 Å². The molecule has 1 saturated carbocycles. The summed E-state index contributed by atoms with van der Waals surface area (Å²) in [6, 6.07) is 2.99. The Hall–Kier alpha value is -1.73. The fourth-order valence-corrected chi connectivity index (χ4v) is 4.88. The van der Waals surface area contributed by atoms with Crippen molar-refractivity contribution in [1.82, 2.24) is 9.29 Å². The van der Waals surface area contributed by atoms with E-state index in [4.69, 9.17) is 4.74 Å². The number of carbonyl (C=O) groups excluding carboxylic acids is 1. The molecule has 3 aliphatic rings. The van der Waals surface area contributed by atoms with E-state index in [0.29, 0.717) is 5.92 Å². The van der Waals surface area contributed by atoms with Gasteiger partial charge in [0.05, 0.1) is 0 Å². The topological polar surface area (TPSA) is 76.6 Å². The van der Waals surface area contributed by atoms with Crippen molar-refractivity contribution >= 4 is 16.0 Å². The highest BCUT2D eigenvalue weighted by Crippen LogP contribution is 2.59. The average Bonchev–Trinajstić information content (AvgIpc) is 2.60. The van der Waals surface area contributed by atoms with Gasteiger partial charge < -0.3 is 4.74 Å². The van der Waals surface area contributed by atoms with E-state index in [1.807, 2.05) is 0 Å². The normalized spacial score (nSPS) is 24.4. The van der Waals surface area contributed by atoms with Crippen molar-refractivity contribution < 1.29 is 17.9 Å². The molecule has 4 rings (SSSR count). The molecular weight excluding hydrogens is 340 g/mol. The van der Waals surface area contributed by atoms with Crippen molar-refractivity contribution in [3.63, 3.8) is 0 Å². The summed E-state index contributed by atoms with van der Waals surface area (Å²) in [6.45, 7) is 4.45. The van der Waals surface area contributed by atoms with E-state index >= 15 is 0 Å². The maximum absolute atomic E-state index is 12.4. The van der Waals surface area contributed by atoms with E-state index in [-0.39, 0.29) is 23.5 Å². The Balaban J connectivity index is 1.55. The zero-order chi connectivity index (χ0) is 18.2. The molecule has 0 radical (unpaired) electrons. The number of sulfonamides is 1. The van der Waals surface area contributed by atoms with Crippen LogP contribution in [0.5, 0.6) is 0 Å². The molecule has 0 aliphatic heterocycles. The third-order valence-electron chi connectivity index (χ3n) is 5.68. The van der Waals surface area contributed by atoms with Gasteiger partial charge >= 0.3 is 5.97 Å². The highest BCUT2D eigenvalue weighted by atomic mass is 32.2. The molecule has 0 unspecified atom stereocenters. The SMILES string of the molecule is CN(CC(=O)OCC1=CC[C@H]2C[C@@H]1C2(C)C)S(=O)(=O)c1cccnc1. The summed E-state index contributed by atoms with van der Waals surface area (Å²) in [5.41, 5.74) is 1.44. The van der Waals surface area contributed by atoms with Gasteiger partial charge in [-0.15, -0.1) is 0 Å². The number of carbonyl (C=O) groups is 1. The van der Waals surface area contributed by atoms with Crippen LogP contribution in [0.2, 0.25) is 0 Å². The quantitative estimate of drug-likeness (QED) is 0.571. The third kappa shape index (κ3) is 3.35. The minimum Gasteiger partial charge on any atom is -0.460 e. The molecule has 7 heteroatoms. The molecule has 1 aromatic heterocycles. The Morgan fingerprint density at radius 2 is 2.20 bits per heavy atom. The number of fused-ring (bicyclic) bond motifs is 1. The van der Waals surface area contributed by atoms with E-state index in [2.05, 4.69) is 24.9 Å². The second-order valence-corrected chi connectivity index (χ2v) is 9.48. The van der Waals surface area contributed by atoms with Gasteiger partial charge in [0.1, 0.15) is 18.0 Å². The van der Waals surface area contributed by atoms with E-state index in [1.165, 1.54) is 31.1 Å². The summed E-state index contributed by atoms with van der Waals surface area (Å²) < 4.78 is 31.1. The van der Waals surface area contributed by atoms with Gasteiger partial charge in [0.2, 0.25) is 10.0 Å². The van der Waals surface area contributed by atoms with Crippen molar-refractivity contribution in [2.24, 2.45) is 17.3 Å². The molecule has 0 N–H and O–H groups in total. The largest absolute Gasteiger partial charge is 0.460 e. The average molecular weight is 364 g/mol. The highest BCUT2D eigenvalue weighted by Gasteiger charge is 2.51. The van der Waals surface area contributed by atoms with Gasteiger partial charge in [0.15, 0.2) is 0 Å². The number of nitrogens with zero attached hydrogens (tertiary/aromatic N) is 2. The van der Waals surface area contributed by atoms with Crippen molar-refractivity contribution in [3.05, 3.63) is 36.2 Å². The summed E-state index contributed by atoms with van der Waals surface area (Å²) in [6.07, 6.45) is 7.13. The van der Waals surface area contributed by atoms with Crippen LogP contribution in [0.4, 0.5) is 0 Å². The van der Waals surface area contributed by atoms with Crippen LogP contribution in [-0.4, -0.2) is 43.9 Å². The summed E-state index contributed by atoms with van der Waals surface area (Å²) in [7, 11) is -2.38. The van der Waals surface area contributed by atoms with Crippen LogP contribution in [0.1, 0.15) is 26.7 Å². The number of hydrogen-bond acceptors (Lipinski definition) is 5. The molecular formula is C18H24N2O4S. The minimum atomic E-state index is -3.74. The molecule has 1 fully saturated rings. The summed E-state index contributed by atoms with van der Waals surface area (Å²) in [5, 5.41) is 0. The van der Waals surface area contributed by atoms with E-state index < -0.39 is 16.0 Å². The maximum atomic E-state index is 12.4. The van der Waals surface area contributed by atoms with Gasteiger partial charge in [0.25, 0.3) is 0 Å². The Kier molecular flexibility index (Phi) is 4.72. The third-order valence-corrected chi connectivity index (χ3v) is 7.46. The molecule has 3 aliphatic carbocycles. The van der Waals surface area contributed by atoms with Gasteiger partial charge in [-0.3, -0.25) is 9.78 Å². The lowest BCUT2D eigenvalue weighted by molar-refractivity contribution is -0.143. The van der Waals surface area contributed by atoms with Crippen molar-refractivity contribution in [2.45, 2.75) is 31.6 Å². The van der Waals surface area contributed by atoms with Crippen molar-refractivity contribution in [1.29, 1.82) is 0 Å². The first-order valence-electron chi connectivity index (χ1n) is 8.44. The van der Waals surface area contributed by atoms with E-state index in [9.17, 15) is 13.2 Å². The molecule has 0 aromatic carbocycles. The van der Waals surface area contributed by atoms with Gasteiger partial charge in [-0.1, -0.05) is 19.9 Å². The van der Waals surface area contributed by atoms with Crippen LogP contribution in [0.3, 0.4) is 0 Å². The highest BCUT2D eigenvalue weighted by molar-refractivity contribution is 7.89. The van der Waals surface area contributed by atoms with Gasteiger partial charge in [-0.25, -0.2) is 8.42 Å². The first kappa shape index (κ1) is 18.1. The van der Waals surface area contributed by atoms with Crippen molar-refractivity contribution in [3.8, 4) is 0 Å². The van der Waals surface area contributed by atoms with Crippen LogP contribution in [0.25, 0.3) is 0 Å². The summed E-state index contributed by atoms with van der Waals surface area (Å²) >= 11 is 0. The number of likely N-dealkylation sites (N-methyl/N-ethyl adjacent to an activating group) is 1. The molecule has 2 bridgehead atoms. The monoisotopic (exact) mass is 364 g/mol. The number of ether oxygens (including phenoxy) is 1. The Morgan fingerprint density at radius 1 is 1.44 bits per heavy atom. The van der Waals surface area contributed by atoms with Crippen LogP contribution < -0.4 is 0 Å². The molecule has 136 valence electrons. The first-order chi connectivity index (χ1) is 11.7. The van der Waals surface area contributed by atoms with Gasteiger partial charge in [-0.2, -0.15) is 4.31 Å². The van der Waals surface area contributed by atoms with E-state index in [0.717, 1.165) is 23.1 Å². The Morgan fingerprint density at radius 3 is 2.80 bits per heavy atom. The van der Waals surface area contributed by atoms with E-state index in [1.54, 1.807) is 6.07 Å². The Labute approximate surface area is 148 Å². The number of hydrogen-bond donors (Lipinski definition) is 0. The zero-order valence-corrected chi connectivity index (χ0v) is 15.6. The van der Waals surface area contributed by atoms with Gasteiger partial charge in [-0.05, 0) is 47.8 Å². The number of allylic oxidation sites excluding steroid dienone is 1. The number of esters is 1. The van der Waals surface area contributed by atoms with Crippen molar-refractivity contribution in [2.75, 3.05) is 20.2 Å². The Bertz CT molecular complexity index is 787. The van der Waals surface area contributed by atoms with Gasteiger partial charge in [0, 0.05) is 19.4 Å². The fourth-order valence-electron chi connectivity index (χ4n) is 3.80. The lowest BCUT2D eigenvalue weighted by Gasteiger charge is -2.56. The maximum Gasteiger partial charge on any atom is 0.321 e. The summed E-state index contributed by atoms with van der Waals surface area (Å²) in [4.78, 5) is 15.9. The molecule has 6 nitrogen and oxygen atoms in total. The molecule has 1 heterocycles. The molecule has 0 saturated heterocycles. The zero-order valence-electron chi connectivity index (χ0n) is 14.8. The predicted molar refractivity (Wildman–Crippen MR) is 93.1 cm³/mol. The lowest BCUT2D eigenvalue weighted by Crippen LogP contribution is -2.48. The number of aromatic nitrogens is 1. The molecule has 2 atom stereocenters. The minimum absolute atomic E-state index is 0.0579. The van der Waals surface area contributed by atoms with Crippen LogP contribution in [0.15, 0.2) is 41.1 Å². The smallest absolute Gasteiger partial charge is 0.321 e. The number of pyridine rings is 1. The second kappa shape index (κ2) is 6.53. The number of rotatable bonds is 6. The molecule has 0 amide bonds. The standard InChI is InChI=1S/C18H24N2O4S/c1-18(2)14-7-6-13(16(18)9-14)12-24-17(21)11-20(3)25(22,23)15-5-4-8-19-10-15/h4-6,8,10,14,16H,7,9,11-12H2,1-3H3/t14-,16-/m0/s1. The molecule has 25 heavy (non-hydrogen) atoms.